The number of fused-ring (bicyclic) bond motifs is 2. The van der Waals surface area contributed by atoms with Gasteiger partial charge in [0.1, 0.15) is 5.60 Å². The molecule has 11 heteroatoms. The zero-order valence-electron chi connectivity index (χ0n) is 27.5. The van der Waals surface area contributed by atoms with Gasteiger partial charge >= 0.3 is 0 Å². The van der Waals surface area contributed by atoms with E-state index in [9.17, 15) is 9.59 Å². The minimum Gasteiger partial charge on any atom is -0.493 e. The number of rotatable bonds is 8. The first kappa shape index (κ1) is 35.7. The van der Waals surface area contributed by atoms with E-state index in [-0.39, 0.29) is 54.1 Å². The number of hydrogen-bond acceptors (Lipinski definition) is 7. The number of benzene rings is 2. The molecule has 0 radical (unpaired) electrons. The highest BCUT2D eigenvalue weighted by Gasteiger charge is 2.43. The molecule has 1 fully saturated rings. The van der Waals surface area contributed by atoms with Crippen LogP contribution >= 0.6 is 24.8 Å². The lowest BCUT2D eigenvalue weighted by molar-refractivity contribution is -0.123. The van der Waals surface area contributed by atoms with Gasteiger partial charge in [0.25, 0.3) is 11.8 Å². The molecule has 1 aliphatic carbocycles. The summed E-state index contributed by atoms with van der Waals surface area (Å²) >= 11 is 0. The number of halogens is 2. The fraction of sp³-hybridized carbons (Fsp3) is 0.514. The van der Waals surface area contributed by atoms with Gasteiger partial charge in [0.05, 0.1) is 24.4 Å². The van der Waals surface area contributed by atoms with Gasteiger partial charge in [0, 0.05) is 55.2 Å². The van der Waals surface area contributed by atoms with Crippen LogP contribution in [0.25, 0.3) is 0 Å². The van der Waals surface area contributed by atoms with Crippen molar-refractivity contribution >= 4 is 48.0 Å². The molecule has 2 aromatic rings. The molecule has 1 saturated heterocycles. The number of nitrogens with zero attached hydrogens (tertiary/aromatic N) is 5. The normalized spacial score (nSPS) is 21.9. The maximum Gasteiger partial charge on any atom is 0.253 e. The number of anilines is 1. The molecule has 4 aliphatic rings. The summed E-state index contributed by atoms with van der Waals surface area (Å²) in [5, 5.41) is 6.59. The van der Waals surface area contributed by atoms with Crippen LogP contribution in [0, 0.1) is 11.8 Å². The van der Waals surface area contributed by atoms with E-state index in [2.05, 4.69) is 56.0 Å². The van der Waals surface area contributed by atoms with Crippen molar-refractivity contribution in [3.05, 3.63) is 65.2 Å². The van der Waals surface area contributed by atoms with Crippen LogP contribution in [0.5, 0.6) is 11.5 Å². The van der Waals surface area contributed by atoms with E-state index < -0.39 is 0 Å². The minimum atomic E-state index is -0.358. The lowest BCUT2D eigenvalue weighted by atomic mass is 9.75. The summed E-state index contributed by atoms with van der Waals surface area (Å²) in [6.07, 6.45) is 7.58. The van der Waals surface area contributed by atoms with Crippen molar-refractivity contribution in [2.24, 2.45) is 16.9 Å². The average Bonchev–Trinajstić information content (AvgIpc) is 3.36. The molecule has 2 atom stereocenters. The highest BCUT2D eigenvalue weighted by molar-refractivity contribution is 6.12. The molecule has 6 rings (SSSR count). The molecule has 2 aromatic carbocycles. The second-order valence-corrected chi connectivity index (χ2v) is 13.3. The van der Waals surface area contributed by atoms with Crippen LogP contribution in [0.15, 0.2) is 53.7 Å². The van der Waals surface area contributed by atoms with Crippen LogP contribution in [0.2, 0.25) is 0 Å². The summed E-state index contributed by atoms with van der Waals surface area (Å²) < 4.78 is 12.0. The number of carbonyl (C=O) groups is 2. The summed E-state index contributed by atoms with van der Waals surface area (Å²) in [6.45, 7) is 9.53. The number of carbonyl (C=O) groups excluding carboxylic acids is 2. The molecule has 250 valence electrons. The Hall–Kier alpha value is -3.11. The van der Waals surface area contributed by atoms with E-state index in [0.29, 0.717) is 23.4 Å². The average molecular weight is 673 g/mol. The first-order valence-electron chi connectivity index (χ1n) is 15.9. The second kappa shape index (κ2) is 14.8. The predicted molar refractivity (Wildman–Crippen MR) is 187 cm³/mol. The van der Waals surface area contributed by atoms with Gasteiger partial charge in [0.15, 0.2) is 11.5 Å². The van der Waals surface area contributed by atoms with Crippen molar-refractivity contribution in [3.63, 3.8) is 0 Å². The summed E-state index contributed by atoms with van der Waals surface area (Å²) in [4.78, 5) is 33.8. The zero-order valence-corrected chi connectivity index (χ0v) is 29.2. The van der Waals surface area contributed by atoms with E-state index in [1.807, 2.05) is 35.2 Å². The Balaban J connectivity index is 0.00000240. The van der Waals surface area contributed by atoms with Crippen molar-refractivity contribution in [3.8, 4) is 11.5 Å². The Labute approximate surface area is 285 Å². The molecule has 0 unspecified atom stereocenters. The number of allylic oxidation sites excluding steroid dienone is 2. The molecule has 2 amide bonds. The van der Waals surface area contributed by atoms with E-state index in [4.69, 9.17) is 14.6 Å². The van der Waals surface area contributed by atoms with Gasteiger partial charge in [-0.15, -0.1) is 24.8 Å². The molecule has 0 aromatic heterocycles. The molecular formula is C35H47Cl2N5O4. The predicted octanol–water partition coefficient (Wildman–Crippen LogP) is 5.30. The SMILES string of the molecule is COc1ccc(C2=NN(c3ccc(C(=O)N4CCN(CCCN(C)C)CC4)cc3)C(=O)[C@@H]3CC=CC[C@H]23)c2c1OC(C)(C)C2.Cl.Cl. The largest absolute Gasteiger partial charge is 0.493 e. The van der Waals surface area contributed by atoms with Crippen LogP contribution in [0.4, 0.5) is 5.69 Å². The van der Waals surface area contributed by atoms with Gasteiger partial charge in [0.2, 0.25) is 0 Å². The molecule has 3 heterocycles. The molecule has 46 heavy (non-hydrogen) atoms. The van der Waals surface area contributed by atoms with Gasteiger partial charge in [-0.2, -0.15) is 5.10 Å². The molecular weight excluding hydrogens is 625 g/mol. The number of hydrazone groups is 1. The smallest absolute Gasteiger partial charge is 0.253 e. The third-order valence-corrected chi connectivity index (χ3v) is 9.32. The first-order valence-corrected chi connectivity index (χ1v) is 15.9. The maximum absolute atomic E-state index is 13.8. The third-order valence-electron chi connectivity index (χ3n) is 9.32. The molecule has 3 aliphatic heterocycles. The quantitative estimate of drug-likeness (QED) is 0.355. The maximum atomic E-state index is 13.8. The van der Waals surface area contributed by atoms with Crippen LogP contribution in [0.1, 0.15) is 54.6 Å². The number of hydrogen-bond donors (Lipinski definition) is 0. The molecule has 0 spiro atoms. The lowest BCUT2D eigenvalue weighted by Gasteiger charge is -2.37. The molecule has 9 nitrogen and oxygen atoms in total. The molecule has 0 N–H and O–H groups in total. The van der Waals surface area contributed by atoms with Crippen LogP contribution in [-0.2, 0) is 11.2 Å². The number of piperazine rings is 1. The van der Waals surface area contributed by atoms with Crippen molar-refractivity contribution in [1.82, 2.24) is 14.7 Å². The van der Waals surface area contributed by atoms with Gasteiger partial charge in [-0.3, -0.25) is 14.5 Å². The highest BCUT2D eigenvalue weighted by atomic mass is 35.5. The van der Waals surface area contributed by atoms with Crippen molar-refractivity contribution in [2.45, 2.75) is 45.1 Å². The summed E-state index contributed by atoms with van der Waals surface area (Å²) in [7, 11) is 5.85. The fourth-order valence-electron chi connectivity index (χ4n) is 6.96. The number of methoxy groups -OCH3 is 1. The molecule has 0 saturated carbocycles. The standard InChI is InChI=1S/C35H45N5O4.2ClH/c1-35(2)23-29-27(15-16-30(43-5)32(29)44-35)31-26-9-6-7-10-28(26)34(42)40(36-31)25-13-11-24(12-14-25)33(41)39-21-19-38(20-22-39)18-8-17-37(3)4;;/h6-7,11-16,26,28H,8-10,17-23H2,1-5H3;2*1H/t26-,28+;;/m0../s1. The van der Waals surface area contributed by atoms with Crippen molar-refractivity contribution in [1.29, 1.82) is 0 Å². The fourth-order valence-corrected chi connectivity index (χ4v) is 6.96. The highest BCUT2D eigenvalue weighted by Crippen LogP contribution is 2.46. The summed E-state index contributed by atoms with van der Waals surface area (Å²) in [5.74, 6) is 1.30. The van der Waals surface area contributed by atoms with E-state index >= 15 is 0 Å². The van der Waals surface area contributed by atoms with E-state index in [1.54, 1.807) is 12.1 Å². The Morgan fingerprint density at radius 2 is 1.67 bits per heavy atom. The monoisotopic (exact) mass is 671 g/mol. The molecule has 0 bridgehead atoms. The van der Waals surface area contributed by atoms with Crippen LogP contribution in [0.3, 0.4) is 0 Å². The lowest BCUT2D eigenvalue weighted by Crippen LogP contribution is -2.49. The zero-order chi connectivity index (χ0) is 31.0. The van der Waals surface area contributed by atoms with Gasteiger partial charge in [-0.05, 0) is 96.7 Å². The van der Waals surface area contributed by atoms with Gasteiger partial charge in [-0.1, -0.05) is 12.2 Å². The van der Waals surface area contributed by atoms with E-state index in [1.165, 1.54) is 0 Å². The minimum absolute atomic E-state index is 0. The Morgan fingerprint density at radius 1 is 1.00 bits per heavy atom. The van der Waals surface area contributed by atoms with Crippen molar-refractivity contribution < 1.29 is 19.1 Å². The van der Waals surface area contributed by atoms with E-state index in [0.717, 1.165) is 81.1 Å². The van der Waals surface area contributed by atoms with Crippen LogP contribution < -0.4 is 14.5 Å². The van der Waals surface area contributed by atoms with Gasteiger partial charge < -0.3 is 19.3 Å². The topological polar surface area (TPSA) is 77.9 Å². The number of ether oxygens (including phenoxy) is 2. The Morgan fingerprint density at radius 3 is 2.33 bits per heavy atom. The summed E-state index contributed by atoms with van der Waals surface area (Å²) in [6, 6.07) is 11.4. The van der Waals surface area contributed by atoms with Gasteiger partial charge in [-0.25, -0.2) is 5.01 Å². The third kappa shape index (κ3) is 7.23. The second-order valence-electron chi connectivity index (χ2n) is 13.3. The van der Waals surface area contributed by atoms with Crippen LogP contribution in [-0.4, -0.2) is 98.3 Å². The van der Waals surface area contributed by atoms with Crippen molar-refractivity contribution in [2.75, 3.05) is 65.5 Å². The number of amides is 2. The Bertz CT molecular complexity index is 1470. The summed E-state index contributed by atoms with van der Waals surface area (Å²) in [5.41, 5.74) is 3.95. The Kier molecular flexibility index (Phi) is 11.5. The first-order chi connectivity index (χ1) is 21.1.